The van der Waals surface area contributed by atoms with Crippen LogP contribution in [0.5, 0.6) is 0 Å². The number of hydrogen-bond donors (Lipinski definition) is 1. The molecule has 1 saturated heterocycles. The number of nitrogens with one attached hydrogen (secondary N) is 1. The Labute approximate surface area is 138 Å². The lowest BCUT2D eigenvalue weighted by Crippen LogP contribution is -2.69. The van der Waals surface area contributed by atoms with Gasteiger partial charge in [-0.25, -0.2) is 0 Å². The molecule has 1 fully saturated rings. The lowest BCUT2D eigenvalue weighted by atomic mass is 9.89. The van der Waals surface area contributed by atoms with E-state index < -0.39 is 11.6 Å². The van der Waals surface area contributed by atoms with Crippen molar-refractivity contribution in [3.8, 4) is 0 Å². The maximum Gasteiger partial charge on any atom is 0.246 e. The number of hydrogen-bond acceptors (Lipinski definition) is 3. The molecule has 0 aliphatic carbocycles. The average Bonchev–Trinajstić information content (AvgIpc) is 2.84. The molecule has 2 rings (SSSR count). The molecule has 4 nitrogen and oxygen atoms in total. The van der Waals surface area contributed by atoms with E-state index in [4.69, 9.17) is 0 Å². The maximum absolute atomic E-state index is 12.8. The number of piperazine rings is 1. The summed E-state index contributed by atoms with van der Waals surface area (Å²) in [7, 11) is 0. The third-order valence-electron chi connectivity index (χ3n) is 4.20. The highest BCUT2D eigenvalue weighted by molar-refractivity contribution is 9.11. The van der Waals surface area contributed by atoms with Gasteiger partial charge in [0.1, 0.15) is 11.6 Å². The van der Waals surface area contributed by atoms with Gasteiger partial charge in [-0.3, -0.25) is 9.59 Å². The highest BCUT2D eigenvalue weighted by atomic mass is 79.9. The second-order valence-corrected chi connectivity index (χ2v) is 8.57. The van der Waals surface area contributed by atoms with Crippen LogP contribution in [-0.4, -0.2) is 28.3 Å². The number of amides is 2. The van der Waals surface area contributed by atoms with Crippen LogP contribution in [0.3, 0.4) is 0 Å². The number of rotatable bonds is 4. The lowest BCUT2D eigenvalue weighted by molar-refractivity contribution is -0.157. The smallest absolute Gasteiger partial charge is 0.246 e. The first-order valence-electron chi connectivity index (χ1n) is 7.14. The summed E-state index contributed by atoms with van der Waals surface area (Å²) >= 11 is 5.03. The summed E-state index contributed by atoms with van der Waals surface area (Å²) in [6.07, 6.45) is 0.857. The van der Waals surface area contributed by atoms with E-state index in [0.29, 0.717) is 6.54 Å². The quantitative estimate of drug-likeness (QED) is 0.882. The number of thiophene rings is 1. The SMILES string of the molecule is CCC(C)C1NC(=O)C(C)(C)N(Cc2ccc(Br)s2)C1=O. The van der Waals surface area contributed by atoms with Crippen molar-refractivity contribution in [2.24, 2.45) is 5.92 Å². The zero-order chi connectivity index (χ0) is 15.8. The normalized spacial score (nSPS) is 23.1. The zero-order valence-corrected chi connectivity index (χ0v) is 15.2. The number of carbonyl (C=O) groups excluding carboxylic acids is 2. The minimum atomic E-state index is -0.822. The molecule has 2 atom stereocenters. The van der Waals surface area contributed by atoms with Gasteiger partial charge in [0.25, 0.3) is 0 Å². The minimum Gasteiger partial charge on any atom is -0.342 e. The van der Waals surface area contributed by atoms with Gasteiger partial charge in [0.15, 0.2) is 0 Å². The topological polar surface area (TPSA) is 49.4 Å². The summed E-state index contributed by atoms with van der Waals surface area (Å²) in [6.45, 7) is 8.11. The fourth-order valence-corrected chi connectivity index (χ4v) is 3.91. The van der Waals surface area contributed by atoms with Gasteiger partial charge in [0.2, 0.25) is 11.8 Å². The molecular weight excluding hydrogens is 352 g/mol. The number of halogens is 1. The van der Waals surface area contributed by atoms with E-state index in [-0.39, 0.29) is 17.7 Å². The molecule has 21 heavy (non-hydrogen) atoms. The van der Waals surface area contributed by atoms with Gasteiger partial charge in [0, 0.05) is 4.88 Å². The average molecular weight is 373 g/mol. The summed E-state index contributed by atoms with van der Waals surface area (Å²) in [5.41, 5.74) is -0.822. The van der Waals surface area contributed by atoms with Crippen molar-refractivity contribution >= 4 is 39.1 Å². The zero-order valence-electron chi connectivity index (χ0n) is 12.8. The first-order valence-corrected chi connectivity index (χ1v) is 8.75. The predicted octanol–water partition coefficient (Wildman–Crippen LogP) is 3.16. The second kappa shape index (κ2) is 6.08. The van der Waals surface area contributed by atoms with Gasteiger partial charge in [-0.1, -0.05) is 20.3 Å². The van der Waals surface area contributed by atoms with Crippen molar-refractivity contribution in [3.63, 3.8) is 0 Å². The molecule has 0 aromatic carbocycles. The highest BCUT2D eigenvalue weighted by Gasteiger charge is 2.47. The van der Waals surface area contributed by atoms with E-state index in [1.807, 2.05) is 26.0 Å². The Kier molecular flexibility index (Phi) is 4.78. The summed E-state index contributed by atoms with van der Waals surface area (Å²) in [6, 6.07) is 3.54. The van der Waals surface area contributed by atoms with Crippen molar-refractivity contribution in [3.05, 3.63) is 20.8 Å². The third kappa shape index (κ3) is 3.16. The summed E-state index contributed by atoms with van der Waals surface area (Å²) < 4.78 is 1.03. The molecule has 0 saturated carbocycles. The molecule has 0 spiro atoms. The van der Waals surface area contributed by atoms with Crippen molar-refractivity contribution in [2.75, 3.05) is 0 Å². The number of nitrogens with zero attached hydrogens (tertiary/aromatic N) is 1. The highest BCUT2D eigenvalue weighted by Crippen LogP contribution is 2.30. The Morgan fingerprint density at radius 3 is 2.62 bits per heavy atom. The predicted molar refractivity (Wildman–Crippen MR) is 88.0 cm³/mol. The molecular formula is C15H21BrN2O2S. The molecule has 2 heterocycles. The molecule has 1 aromatic heterocycles. The minimum absolute atomic E-state index is 0.0125. The molecule has 0 bridgehead atoms. The maximum atomic E-state index is 12.8. The van der Waals surface area contributed by atoms with Crippen LogP contribution in [-0.2, 0) is 16.1 Å². The summed E-state index contributed by atoms with van der Waals surface area (Å²) in [5.74, 6) is 0.0663. The Morgan fingerprint density at radius 2 is 2.10 bits per heavy atom. The fraction of sp³-hybridized carbons (Fsp3) is 0.600. The van der Waals surface area contributed by atoms with Gasteiger partial charge in [-0.05, 0) is 47.8 Å². The Morgan fingerprint density at radius 1 is 1.43 bits per heavy atom. The Bertz CT molecular complexity index is 556. The van der Waals surface area contributed by atoms with E-state index in [0.717, 1.165) is 15.1 Å². The molecule has 1 aliphatic rings. The largest absolute Gasteiger partial charge is 0.342 e. The summed E-state index contributed by atoms with van der Waals surface area (Å²) in [5, 5.41) is 2.89. The van der Waals surface area contributed by atoms with Gasteiger partial charge in [-0.2, -0.15) is 0 Å². The first kappa shape index (κ1) is 16.5. The lowest BCUT2D eigenvalue weighted by Gasteiger charge is -2.45. The van der Waals surface area contributed by atoms with Gasteiger partial charge in [0.05, 0.1) is 10.3 Å². The van der Waals surface area contributed by atoms with E-state index in [1.54, 1.807) is 30.1 Å². The molecule has 1 N–H and O–H groups in total. The third-order valence-corrected chi connectivity index (χ3v) is 5.81. The Balaban J connectivity index is 2.29. The van der Waals surface area contributed by atoms with E-state index in [1.165, 1.54) is 0 Å². The molecule has 2 unspecified atom stereocenters. The van der Waals surface area contributed by atoms with Crippen molar-refractivity contribution in [1.82, 2.24) is 10.2 Å². The van der Waals surface area contributed by atoms with E-state index in [2.05, 4.69) is 21.2 Å². The fourth-order valence-electron chi connectivity index (χ4n) is 2.44. The van der Waals surface area contributed by atoms with Crippen LogP contribution in [0.15, 0.2) is 15.9 Å². The first-order chi connectivity index (χ1) is 9.77. The van der Waals surface area contributed by atoms with Gasteiger partial charge in [-0.15, -0.1) is 11.3 Å². The van der Waals surface area contributed by atoms with E-state index >= 15 is 0 Å². The standard InChI is InChI=1S/C15H21BrN2O2S/c1-5-9(2)12-13(19)18(15(3,4)14(20)17-12)8-10-6-7-11(16)21-10/h6-7,9,12H,5,8H2,1-4H3,(H,17,20). The van der Waals surface area contributed by atoms with Crippen LogP contribution in [0.1, 0.15) is 39.0 Å². The van der Waals surface area contributed by atoms with Crippen molar-refractivity contribution in [2.45, 2.75) is 52.2 Å². The van der Waals surface area contributed by atoms with Crippen LogP contribution >= 0.6 is 27.3 Å². The molecule has 6 heteroatoms. The van der Waals surface area contributed by atoms with Crippen molar-refractivity contribution < 1.29 is 9.59 Å². The van der Waals surface area contributed by atoms with Crippen LogP contribution in [0.2, 0.25) is 0 Å². The molecule has 1 aliphatic heterocycles. The second-order valence-electron chi connectivity index (χ2n) is 6.03. The van der Waals surface area contributed by atoms with Gasteiger partial charge >= 0.3 is 0 Å². The summed E-state index contributed by atoms with van der Waals surface area (Å²) in [4.78, 5) is 28.0. The monoisotopic (exact) mass is 372 g/mol. The number of carbonyl (C=O) groups is 2. The molecule has 0 radical (unpaired) electrons. The van der Waals surface area contributed by atoms with Gasteiger partial charge < -0.3 is 10.2 Å². The molecule has 116 valence electrons. The molecule has 2 amide bonds. The van der Waals surface area contributed by atoms with Crippen LogP contribution in [0.25, 0.3) is 0 Å². The van der Waals surface area contributed by atoms with Crippen LogP contribution < -0.4 is 5.32 Å². The Hall–Kier alpha value is -0.880. The molecule has 1 aromatic rings. The van der Waals surface area contributed by atoms with Crippen LogP contribution in [0, 0.1) is 5.92 Å². The van der Waals surface area contributed by atoms with E-state index in [9.17, 15) is 9.59 Å². The van der Waals surface area contributed by atoms with Crippen molar-refractivity contribution in [1.29, 1.82) is 0 Å². The van der Waals surface area contributed by atoms with Crippen LogP contribution in [0.4, 0.5) is 0 Å².